The number of anilines is 1. The molecule has 4 nitrogen and oxygen atoms in total. The van der Waals surface area contributed by atoms with Gasteiger partial charge in [-0.15, -0.1) is 0 Å². The Bertz CT molecular complexity index is 608. The summed E-state index contributed by atoms with van der Waals surface area (Å²) in [5.74, 6) is 0.692. The number of benzene rings is 1. The highest BCUT2D eigenvalue weighted by Crippen LogP contribution is 2.29. The minimum Gasteiger partial charge on any atom is -0.353 e. The average molecular weight is 274 g/mol. The largest absolute Gasteiger partial charge is 0.353 e. The molecule has 3 N–H and O–H groups in total. The molecule has 20 heavy (non-hydrogen) atoms. The summed E-state index contributed by atoms with van der Waals surface area (Å²) in [5, 5.41) is 7.43. The molecule has 0 saturated carbocycles. The molecule has 1 unspecified atom stereocenters. The van der Waals surface area contributed by atoms with Gasteiger partial charge in [0, 0.05) is 30.3 Å². The van der Waals surface area contributed by atoms with Gasteiger partial charge >= 0.3 is 0 Å². The third kappa shape index (κ3) is 2.41. The van der Waals surface area contributed by atoms with Gasteiger partial charge in [-0.3, -0.25) is 5.10 Å². The number of hydrogen-bond donors (Lipinski definition) is 2. The number of nitrogens with one attached hydrogen (secondary N) is 1. The van der Waals surface area contributed by atoms with Crippen LogP contribution in [0.2, 0.25) is 0 Å². The molecule has 0 amide bonds. The van der Waals surface area contributed by atoms with Gasteiger partial charge in [-0.25, -0.2) is 4.39 Å². The smallest absolute Gasteiger partial charge is 0.153 e. The molecule has 106 valence electrons. The Balaban J connectivity index is 1.92. The third-order valence-corrected chi connectivity index (χ3v) is 3.85. The van der Waals surface area contributed by atoms with Crippen molar-refractivity contribution in [3.05, 3.63) is 35.6 Å². The van der Waals surface area contributed by atoms with Crippen LogP contribution in [0.3, 0.4) is 0 Å². The first kappa shape index (κ1) is 13.1. The van der Waals surface area contributed by atoms with Gasteiger partial charge < -0.3 is 10.6 Å². The van der Waals surface area contributed by atoms with Crippen LogP contribution >= 0.6 is 0 Å². The highest BCUT2D eigenvalue weighted by Gasteiger charge is 2.22. The van der Waals surface area contributed by atoms with E-state index in [2.05, 4.69) is 15.1 Å². The summed E-state index contributed by atoms with van der Waals surface area (Å²) < 4.78 is 13.3. The predicted molar refractivity (Wildman–Crippen MR) is 78.1 cm³/mol. The predicted octanol–water partition coefficient (Wildman–Crippen LogP) is 2.45. The van der Waals surface area contributed by atoms with Crippen molar-refractivity contribution in [3.8, 4) is 11.3 Å². The fourth-order valence-electron chi connectivity index (χ4n) is 2.82. The molecular formula is C15H19FN4. The summed E-state index contributed by atoms with van der Waals surface area (Å²) in [5.41, 5.74) is 8.76. The van der Waals surface area contributed by atoms with Crippen LogP contribution in [0.5, 0.6) is 0 Å². The molecule has 1 fully saturated rings. The molecule has 1 aromatic heterocycles. The lowest BCUT2D eigenvalue weighted by molar-refractivity contribution is 0.502. The Morgan fingerprint density at radius 2 is 2.30 bits per heavy atom. The molecule has 5 heteroatoms. The van der Waals surface area contributed by atoms with Gasteiger partial charge in [-0.1, -0.05) is 12.1 Å². The van der Waals surface area contributed by atoms with E-state index in [1.54, 1.807) is 6.07 Å². The summed E-state index contributed by atoms with van der Waals surface area (Å²) in [6.45, 7) is 3.81. The lowest BCUT2D eigenvalue weighted by Gasteiger charge is -2.31. The van der Waals surface area contributed by atoms with E-state index in [9.17, 15) is 4.39 Å². The van der Waals surface area contributed by atoms with E-state index >= 15 is 0 Å². The van der Waals surface area contributed by atoms with Gasteiger partial charge in [0.2, 0.25) is 0 Å². The maximum Gasteiger partial charge on any atom is 0.153 e. The van der Waals surface area contributed by atoms with Crippen molar-refractivity contribution in [1.29, 1.82) is 0 Å². The minimum absolute atomic E-state index is 0.206. The van der Waals surface area contributed by atoms with E-state index in [0.717, 1.165) is 48.6 Å². The van der Waals surface area contributed by atoms with Crippen molar-refractivity contribution in [2.45, 2.75) is 25.8 Å². The van der Waals surface area contributed by atoms with Crippen LogP contribution in [0, 0.1) is 12.7 Å². The Morgan fingerprint density at radius 1 is 1.45 bits per heavy atom. The zero-order chi connectivity index (χ0) is 14.1. The third-order valence-electron chi connectivity index (χ3n) is 3.85. The standard InChI is InChI=1S/C15H19FN4/c1-10-14(11-4-2-5-12(16)8-11)18-19-15(10)20-7-3-6-13(17)9-20/h2,4-5,8,13H,3,6-7,9,17H2,1H3,(H,18,19). The van der Waals surface area contributed by atoms with Crippen molar-refractivity contribution < 1.29 is 4.39 Å². The van der Waals surface area contributed by atoms with Crippen molar-refractivity contribution in [3.63, 3.8) is 0 Å². The maximum atomic E-state index is 13.3. The molecular weight excluding hydrogens is 255 g/mol. The van der Waals surface area contributed by atoms with Crippen molar-refractivity contribution >= 4 is 5.82 Å². The van der Waals surface area contributed by atoms with E-state index in [0.29, 0.717) is 0 Å². The Morgan fingerprint density at radius 3 is 3.05 bits per heavy atom. The second-order valence-corrected chi connectivity index (χ2v) is 5.41. The lowest BCUT2D eigenvalue weighted by Crippen LogP contribution is -2.43. The average Bonchev–Trinajstić information content (AvgIpc) is 2.80. The summed E-state index contributed by atoms with van der Waals surface area (Å²) in [7, 11) is 0. The van der Waals surface area contributed by atoms with Crippen molar-refractivity contribution in [1.82, 2.24) is 10.2 Å². The number of aromatic amines is 1. The van der Waals surface area contributed by atoms with Gasteiger partial charge in [-0.2, -0.15) is 5.10 Å². The number of nitrogens with zero attached hydrogens (tertiary/aromatic N) is 2. The Labute approximate surface area is 117 Å². The van der Waals surface area contributed by atoms with Gasteiger partial charge in [-0.05, 0) is 31.9 Å². The minimum atomic E-state index is -0.238. The topological polar surface area (TPSA) is 57.9 Å². The van der Waals surface area contributed by atoms with E-state index < -0.39 is 0 Å². The van der Waals surface area contributed by atoms with Crippen molar-refractivity contribution in [2.75, 3.05) is 18.0 Å². The first-order valence-corrected chi connectivity index (χ1v) is 6.96. The summed E-state index contributed by atoms with van der Waals surface area (Å²) in [4.78, 5) is 2.21. The Hall–Kier alpha value is -1.88. The molecule has 1 aliphatic heterocycles. The van der Waals surface area contributed by atoms with Crippen LogP contribution in [0.4, 0.5) is 10.2 Å². The quantitative estimate of drug-likeness (QED) is 0.884. The second kappa shape index (κ2) is 5.25. The number of aromatic nitrogens is 2. The molecule has 1 atom stereocenters. The van der Waals surface area contributed by atoms with Crippen LogP contribution in [0.1, 0.15) is 18.4 Å². The number of rotatable bonds is 2. The highest BCUT2D eigenvalue weighted by molar-refractivity contribution is 5.69. The van der Waals surface area contributed by atoms with Gasteiger partial charge in [0.25, 0.3) is 0 Å². The van der Waals surface area contributed by atoms with Crippen LogP contribution in [0.25, 0.3) is 11.3 Å². The van der Waals surface area contributed by atoms with Crippen molar-refractivity contribution in [2.24, 2.45) is 5.73 Å². The maximum absolute atomic E-state index is 13.3. The van der Waals surface area contributed by atoms with E-state index in [4.69, 9.17) is 5.73 Å². The van der Waals surface area contributed by atoms with Crippen LogP contribution in [-0.4, -0.2) is 29.3 Å². The molecule has 0 aliphatic carbocycles. The van der Waals surface area contributed by atoms with Crippen LogP contribution in [-0.2, 0) is 0 Å². The van der Waals surface area contributed by atoms with E-state index in [1.807, 2.05) is 13.0 Å². The van der Waals surface area contributed by atoms with Gasteiger partial charge in [0.05, 0.1) is 5.69 Å². The molecule has 1 aromatic carbocycles. The lowest BCUT2D eigenvalue weighted by atomic mass is 10.0. The van der Waals surface area contributed by atoms with Gasteiger partial charge in [0.1, 0.15) is 5.82 Å². The molecule has 3 rings (SSSR count). The monoisotopic (exact) mass is 274 g/mol. The van der Waals surface area contributed by atoms with E-state index in [1.165, 1.54) is 12.1 Å². The first-order valence-electron chi connectivity index (χ1n) is 6.96. The number of halogens is 1. The zero-order valence-electron chi connectivity index (χ0n) is 11.6. The number of piperidine rings is 1. The molecule has 0 bridgehead atoms. The fourth-order valence-corrected chi connectivity index (χ4v) is 2.82. The molecule has 1 aliphatic rings. The normalized spacial score (nSPS) is 19.4. The zero-order valence-corrected chi connectivity index (χ0v) is 11.6. The van der Waals surface area contributed by atoms with Crippen LogP contribution < -0.4 is 10.6 Å². The first-order chi connectivity index (χ1) is 9.65. The summed E-state index contributed by atoms with van der Waals surface area (Å²) >= 11 is 0. The Kier molecular flexibility index (Phi) is 3.44. The SMILES string of the molecule is Cc1c(N2CCCC(N)C2)n[nH]c1-c1cccc(F)c1. The molecule has 2 heterocycles. The fraction of sp³-hybridized carbons (Fsp3) is 0.400. The number of hydrogen-bond acceptors (Lipinski definition) is 3. The van der Waals surface area contributed by atoms with E-state index in [-0.39, 0.29) is 11.9 Å². The highest BCUT2D eigenvalue weighted by atomic mass is 19.1. The second-order valence-electron chi connectivity index (χ2n) is 5.41. The molecule has 0 spiro atoms. The van der Waals surface area contributed by atoms with Crippen LogP contribution in [0.15, 0.2) is 24.3 Å². The molecule has 2 aromatic rings. The molecule has 0 radical (unpaired) electrons. The summed E-state index contributed by atoms with van der Waals surface area (Å²) in [6.07, 6.45) is 2.15. The number of nitrogens with two attached hydrogens (primary N) is 1. The number of H-pyrrole nitrogens is 1. The summed E-state index contributed by atoms with van der Waals surface area (Å²) in [6, 6.07) is 6.76. The van der Waals surface area contributed by atoms with Gasteiger partial charge in [0.15, 0.2) is 5.82 Å². The molecule has 1 saturated heterocycles.